The predicted molar refractivity (Wildman–Crippen MR) is 263 cm³/mol. The van der Waals surface area contributed by atoms with Crippen molar-refractivity contribution in [3.63, 3.8) is 0 Å². The van der Waals surface area contributed by atoms with Crippen LogP contribution in [0.15, 0.2) is 48.6 Å². The summed E-state index contributed by atoms with van der Waals surface area (Å²) < 4.78 is 34.3. The molecule has 10 nitrogen and oxygen atoms in total. The molecule has 0 aromatic heterocycles. The number of likely N-dealkylation sites (N-methyl/N-ethyl adjacent to an activating group) is 1. The van der Waals surface area contributed by atoms with E-state index in [4.69, 9.17) is 18.5 Å². The lowest BCUT2D eigenvalue weighted by atomic mass is 10.0. The maximum atomic E-state index is 12.8. The fourth-order valence-corrected chi connectivity index (χ4v) is 7.68. The zero-order valence-electron chi connectivity index (χ0n) is 41.2. The van der Waals surface area contributed by atoms with E-state index >= 15 is 0 Å². The van der Waals surface area contributed by atoms with Crippen molar-refractivity contribution in [1.82, 2.24) is 0 Å². The zero-order chi connectivity index (χ0) is 46.5. The largest absolute Gasteiger partial charge is 0.472 e. The summed E-state index contributed by atoms with van der Waals surface area (Å²) in [5, 5.41) is 9.92. The van der Waals surface area contributed by atoms with Gasteiger partial charge in [-0.15, -0.1) is 0 Å². The van der Waals surface area contributed by atoms with Crippen molar-refractivity contribution in [1.29, 1.82) is 0 Å². The number of nitrogens with zero attached hydrogens (tertiary/aromatic N) is 1. The Morgan fingerprint density at radius 1 is 0.571 bits per heavy atom. The van der Waals surface area contributed by atoms with Gasteiger partial charge in [-0.2, -0.15) is 0 Å². The van der Waals surface area contributed by atoms with Crippen LogP contribution in [0.4, 0.5) is 0 Å². The summed E-state index contributed by atoms with van der Waals surface area (Å²) >= 11 is 0. The zero-order valence-corrected chi connectivity index (χ0v) is 42.1. The molecule has 11 heteroatoms. The van der Waals surface area contributed by atoms with Crippen molar-refractivity contribution < 1.29 is 47.2 Å². The third-order valence-electron chi connectivity index (χ3n) is 11.0. The van der Waals surface area contributed by atoms with Gasteiger partial charge in [0, 0.05) is 12.8 Å². The van der Waals surface area contributed by atoms with Crippen LogP contribution in [-0.2, 0) is 32.7 Å². The molecule has 368 valence electrons. The SMILES string of the molecule is CCCCCCCCCCCCCCCCCCCCCCCC(=O)O[C@H](COC(=O)CCC/C=C\C/C=C\C/C=C\C=C\[C@H](O)CCCCC)COP(=O)(O)OCC[N+](C)(C)C. The molecule has 63 heavy (non-hydrogen) atoms. The molecule has 0 radical (unpaired) electrons. The lowest BCUT2D eigenvalue weighted by Crippen LogP contribution is -2.37. The average Bonchev–Trinajstić information content (AvgIpc) is 3.23. The molecule has 0 rings (SSSR count). The van der Waals surface area contributed by atoms with Gasteiger partial charge in [-0.1, -0.05) is 210 Å². The Morgan fingerprint density at radius 2 is 1.05 bits per heavy atom. The Hall–Kier alpha value is -2.07. The maximum Gasteiger partial charge on any atom is 0.472 e. The first-order valence-electron chi connectivity index (χ1n) is 25.5. The Kier molecular flexibility index (Phi) is 42.4. The number of aliphatic hydroxyl groups is 1. The van der Waals surface area contributed by atoms with Crippen LogP contribution in [0.2, 0.25) is 0 Å². The predicted octanol–water partition coefficient (Wildman–Crippen LogP) is 14.0. The molecular weight excluding hydrogens is 814 g/mol. The van der Waals surface area contributed by atoms with Gasteiger partial charge in [0.05, 0.1) is 33.9 Å². The van der Waals surface area contributed by atoms with E-state index in [-0.39, 0.29) is 32.2 Å². The molecule has 0 aliphatic rings. The molecule has 0 aliphatic heterocycles. The van der Waals surface area contributed by atoms with Gasteiger partial charge in [-0.05, 0) is 38.5 Å². The summed E-state index contributed by atoms with van der Waals surface area (Å²) in [6.07, 6.45) is 49.3. The van der Waals surface area contributed by atoms with E-state index in [0.29, 0.717) is 30.3 Å². The molecule has 0 fully saturated rings. The lowest BCUT2D eigenvalue weighted by Gasteiger charge is -2.24. The number of aliphatic hydroxyl groups excluding tert-OH is 1. The molecule has 0 saturated heterocycles. The molecule has 0 saturated carbocycles. The maximum absolute atomic E-state index is 12.8. The van der Waals surface area contributed by atoms with E-state index < -0.39 is 32.5 Å². The molecule has 0 amide bonds. The highest BCUT2D eigenvalue weighted by Gasteiger charge is 2.27. The van der Waals surface area contributed by atoms with Gasteiger partial charge in [-0.3, -0.25) is 18.6 Å². The van der Waals surface area contributed by atoms with Gasteiger partial charge in [0.2, 0.25) is 0 Å². The standard InChI is InChI=1S/C52H96NO9P/c1-6-8-10-11-12-13-14-15-16-17-18-19-20-21-22-23-26-30-33-36-40-44-52(56)62-50(48-61-63(57,58)60-46-45-53(3,4)5)47-59-51(55)43-39-35-32-29-27-24-25-28-31-34-38-42-49(54)41-37-9-7-2/h24-25,29,31-32,34,38,42,49-50,54H,6-23,26-28,30,33,35-37,39-41,43-48H2,1-5H3/p+1/b25-24-,32-29-,34-31-,42-38+/t49-,50-/m1/s1. The Balaban J connectivity index is 4.35. The molecule has 0 aromatic carbocycles. The van der Waals surface area contributed by atoms with Crippen LogP contribution in [0.3, 0.4) is 0 Å². The number of rotatable bonds is 46. The molecule has 0 spiro atoms. The number of carbonyl (C=O) groups excluding carboxylic acids is 2. The van der Waals surface area contributed by atoms with Gasteiger partial charge < -0.3 is 24.0 Å². The molecule has 0 heterocycles. The second-order valence-electron chi connectivity index (χ2n) is 18.4. The number of ether oxygens (including phenoxy) is 2. The van der Waals surface area contributed by atoms with Gasteiger partial charge in [0.25, 0.3) is 0 Å². The summed E-state index contributed by atoms with van der Waals surface area (Å²) in [5.41, 5.74) is 0. The van der Waals surface area contributed by atoms with E-state index in [2.05, 4.69) is 32.1 Å². The molecule has 0 aliphatic carbocycles. The first-order chi connectivity index (χ1) is 30.4. The van der Waals surface area contributed by atoms with E-state index in [1.807, 2.05) is 51.5 Å². The minimum Gasteiger partial charge on any atom is -0.462 e. The summed E-state index contributed by atoms with van der Waals surface area (Å²) in [4.78, 5) is 35.5. The van der Waals surface area contributed by atoms with Crippen molar-refractivity contribution in [2.45, 2.75) is 225 Å². The quantitative estimate of drug-likeness (QED) is 0.0153. The second-order valence-corrected chi connectivity index (χ2v) is 19.9. The smallest absolute Gasteiger partial charge is 0.462 e. The fourth-order valence-electron chi connectivity index (χ4n) is 6.94. The monoisotopic (exact) mass is 911 g/mol. The fraction of sp³-hybridized carbons (Fsp3) is 0.808. The minimum absolute atomic E-state index is 0.0158. The van der Waals surface area contributed by atoms with Crippen molar-refractivity contribution in [3.8, 4) is 0 Å². The number of hydrogen-bond donors (Lipinski definition) is 2. The summed E-state index contributed by atoms with van der Waals surface area (Å²) in [7, 11) is 1.42. The van der Waals surface area contributed by atoms with E-state index in [1.165, 1.54) is 109 Å². The molecule has 3 atom stereocenters. The number of carbonyl (C=O) groups is 2. The number of hydrogen-bond acceptors (Lipinski definition) is 8. The van der Waals surface area contributed by atoms with Crippen LogP contribution in [0.1, 0.15) is 213 Å². The highest BCUT2D eigenvalue weighted by Crippen LogP contribution is 2.43. The normalized spacial score (nSPS) is 14.3. The van der Waals surface area contributed by atoms with Crippen LogP contribution < -0.4 is 0 Å². The number of unbranched alkanes of at least 4 members (excludes halogenated alkanes) is 23. The molecule has 0 bridgehead atoms. The molecule has 0 aromatic rings. The lowest BCUT2D eigenvalue weighted by molar-refractivity contribution is -0.870. The topological polar surface area (TPSA) is 129 Å². The van der Waals surface area contributed by atoms with Crippen LogP contribution in [0.25, 0.3) is 0 Å². The van der Waals surface area contributed by atoms with Crippen LogP contribution in [0, 0.1) is 0 Å². The number of quaternary nitrogens is 1. The van der Waals surface area contributed by atoms with Crippen molar-refractivity contribution in [2.75, 3.05) is 47.5 Å². The summed E-state index contributed by atoms with van der Waals surface area (Å²) in [6, 6.07) is 0. The van der Waals surface area contributed by atoms with Crippen molar-refractivity contribution in [2.24, 2.45) is 0 Å². The highest BCUT2D eigenvalue weighted by atomic mass is 31.2. The number of phosphoric ester groups is 1. The van der Waals surface area contributed by atoms with E-state index in [0.717, 1.165) is 57.8 Å². The van der Waals surface area contributed by atoms with Gasteiger partial charge in [-0.25, -0.2) is 4.57 Å². The van der Waals surface area contributed by atoms with Gasteiger partial charge in [0.15, 0.2) is 6.10 Å². The van der Waals surface area contributed by atoms with Crippen LogP contribution in [-0.4, -0.2) is 86.1 Å². The van der Waals surface area contributed by atoms with Gasteiger partial charge >= 0.3 is 19.8 Å². The Bertz CT molecular complexity index is 1230. The van der Waals surface area contributed by atoms with Crippen LogP contribution >= 0.6 is 7.82 Å². The molecular formula is C52H97NO9P+. The second kappa shape index (κ2) is 43.8. The van der Waals surface area contributed by atoms with Crippen molar-refractivity contribution in [3.05, 3.63) is 48.6 Å². The van der Waals surface area contributed by atoms with Crippen LogP contribution in [0.5, 0.6) is 0 Å². The number of esters is 2. The minimum atomic E-state index is -4.40. The number of allylic oxidation sites excluding steroid dienone is 7. The third kappa shape index (κ3) is 47.7. The Morgan fingerprint density at radius 3 is 1.59 bits per heavy atom. The third-order valence-corrected chi connectivity index (χ3v) is 12.0. The summed E-state index contributed by atoms with van der Waals surface area (Å²) in [5.74, 6) is -0.884. The molecule has 1 unspecified atom stereocenters. The average molecular weight is 911 g/mol. The van der Waals surface area contributed by atoms with Gasteiger partial charge in [0.1, 0.15) is 19.8 Å². The summed E-state index contributed by atoms with van der Waals surface area (Å²) in [6.45, 7) is 4.25. The first kappa shape index (κ1) is 60.9. The first-order valence-corrected chi connectivity index (χ1v) is 27.0. The molecule has 2 N–H and O–H groups in total. The Labute approximate surface area is 386 Å². The van der Waals surface area contributed by atoms with E-state index in [9.17, 15) is 24.2 Å². The number of phosphoric acid groups is 1. The highest BCUT2D eigenvalue weighted by molar-refractivity contribution is 7.47. The van der Waals surface area contributed by atoms with E-state index in [1.54, 1.807) is 0 Å². The van der Waals surface area contributed by atoms with Crippen molar-refractivity contribution >= 4 is 19.8 Å².